The van der Waals surface area contributed by atoms with Crippen LogP contribution >= 0.6 is 11.3 Å². The molecule has 0 aliphatic heterocycles. The number of nitrogens with zero attached hydrogens (tertiary/aromatic N) is 1. The Morgan fingerprint density at radius 1 is 1.00 bits per heavy atom. The van der Waals surface area contributed by atoms with Gasteiger partial charge in [-0.15, -0.1) is 11.3 Å². The van der Waals surface area contributed by atoms with Gasteiger partial charge in [0.25, 0.3) is 15.9 Å². The highest BCUT2D eigenvalue weighted by molar-refractivity contribution is 7.92. The highest BCUT2D eigenvalue weighted by Gasteiger charge is 2.19. The van der Waals surface area contributed by atoms with Crippen molar-refractivity contribution in [1.82, 2.24) is 4.98 Å². The van der Waals surface area contributed by atoms with Gasteiger partial charge < -0.3 is 9.73 Å². The second-order valence-corrected chi connectivity index (χ2v) is 9.93. The van der Waals surface area contributed by atoms with E-state index in [1.54, 1.807) is 50.2 Å². The third-order valence-corrected chi connectivity index (χ3v) is 7.30. The molecule has 0 spiro atoms. The number of hydrogen-bond donors (Lipinski definition) is 2. The van der Waals surface area contributed by atoms with E-state index in [9.17, 15) is 13.2 Å². The van der Waals surface area contributed by atoms with Crippen molar-refractivity contribution in [3.63, 3.8) is 0 Å². The molecular weight excluding hydrogens is 446 g/mol. The number of nitrogens with one attached hydrogen (secondary N) is 2. The van der Waals surface area contributed by atoms with E-state index < -0.39 is 10.0 Å². The number of furan rings is 1. The molecule has 7 nitrogen and oxygen atoms in total. The van der Waals surface area contributed by atoms with Crippen molar-refractivity contribution in [2.24, 2.45) is 0 Å². The molecule has 0 radical (unpaired) electrons. The Labute approximate surface area is 190 Å². The van der Waals surface area contributed by atoms with E-state index in [1.165, 1.54) is 23.5 Å². The first-order valence-corrected chi connectivity index (χ1v) is 12.1. The van der Waals surface area contributed by atoms with Gasteiger partial charge in [-0.25, -0.2) is 13.4 Å². The topological polar surface area (TPSA) is 101 Å². The Morgan fingerprint density at radius 2 is 1.75 bits per heavy atom. The number of carbonyl (C=O) groups excluding carboxylic acids is 1. The number of hydrogen-bond acceptors (Lipinski definition) is 6. The molecule has 0 aliphatic carbocycles. The lowest BCUT2D eigenvalue weighted by Gasteiger charge is -2.13. The van der Waals surface area contributed by atoms with Gasteiger partial charge in [0.2, 0.25) is 0 Å². The average Bonchev–Trinajstić information content (AvgIpc) is 3.36. The summed E-state index contributed by atoms with van der Waals surface area (Å²) in [6.45, 7) is 5.40. The normalized spacial score (nSPS) is 11.3. The van der Waals surface area contributed by atoms with Gasteiger partial charge in [0.15, 0.2) is 10.8 Å². The van der Waals surface area contributed by atoms with Gasteiger partial charge in [0.05, 0.1) is 16.3 Å². The molecule has 2 heterocycles. The van der Waals surface area contributed by atoms with Gasteiger partial charge in [-0.05, 0) is 62.7 Å². The Morgan fingerprint density at radius 3 is 2.44 bits per heavy atom. The van der Waals surface area contributed by atoms with Gasteiger partial charge in [-0.3, -0.25) is 9.52 Å². The molecule has 0 atom stereocenters. The van der Waals surface area contributed by atoms with E-state index in [0.29, 0.717) is 32.7 Å². The summed E-state index contributed by atoms with van der Waals surface area (Å²) in [5.41, 5.74) is 2.18. The van der Waals surface area contributed by atoms with E-state index in [2.05, 4.69) is 15.0 Å². The van der Waals surface area contributed by atoms with Crippen LogP contribution in [-0.2, 0) is 10.0 Å². The van der Waals surface area contributed by atoms with E-state index in [4.69, 9.17) is 4.42 Å². The van der Waals surface area contributed by atoms with Crippen molar-refractivity contribution in [2.45, 2.75) is 25.7 Å². The number of amides is 1. The Bertz CT molecular complexity index is 1390. The molecule has 0 fully saturated rings. The lowest BCUT2D eigenvalue weighted by Crippen LogP contribution is -2.15. The summed E-state index contributed by atoms with van der Waals surface area (Å²) in [6.07, 6.45) is 0. The maximum atomic E-state index is 12.9. The molecule has 164 valence electrons. The number of aryl methyl sites for hydroxylation is 3. The monoisotopic (exact) mass is 467 g/mol. The molecule has 2 aromatic heterocycles. The molecule has 1 amide bonds. The van der Waals surface area contributed by atoms with Crippen molar-refractivity contribution in [3.8, 4) is 10.8 Å². The first kappa shape index (κ1) is 21.8. The number of anilines is 2. The summed E-state index contributed by atoms with van der Waals surface area (Å²) >= 11 is 1.24. The van der Waals surface area contributed by atoms with Gasteiger partial charge in [0.1, 0.15) is 10.6 Å². The number of rotatable bonds is 6. The van der Waals surface area contributed by atoms with Gasteiger partial charge in [0, 0.05) is 5.69 Å². The van der Waals surface area contributed by atoms with Crippen molar-refractivity contribution in [1.29, 1.82) is 0 Å². The fourth-order valence-corrected chi connectivity index (χ4v) is 5.13. The minimum Gasteiger partial charge on any atom is -0.459 e. The minimum absolute atomic E-state index is 0.162. The van der Waals surface area contributed by atoms with Crippen molar-refractivity contribution < 1.29 is 17.6 Å². The minimum atomic E-state index is -3.75. The molecule has 0 bridgehead atoms. The fraction of sp³-hybridized carbons (Fsp3) is 0.130. The number of thiazole rings is 1. The number of carbonyl (C=O) groups is 1. The highest BCUT2D eigenvalue weighted by Crippen LogP contribution is 2.30. The molecule has 0 saturated heterocycles. The van der Waals surface area contributed by atoms with Crippen molar-refractivity contribution in [3.05, 3.63) is 82.6 Å². The van der Waals surface area contributed by atoms with Crippen LogP contribution in [0.25, 0.3) is 10.8 Å². The zero-order valence-electron chi connectivity index (χ0n) is 17.7. The van der Waals surface area contributed by atoms with E-state index in [1.807, 2.05) is 19.1 Å². The lowest BCUT2D eigenvalue weighted by atomic mass is 10.2. The quantitative estimate of drug-likeness (QED) is 0.396. The Kier molecular flexibility index (Phi) is 5.86. The van der Waals surface area contributed by atoms with Crippen LogP contribution in [0.2, 0.25) is 0 Å². The molecule has 0 unspecified atom stereocenters. The highest BCUT2D eigenvalue weighted by atomic mass is 32.2. The SMILES string of the molecule is Cc1ccc(-c2nc(C)c(C(=O)Nc3ccc(C)c(NS(=O)(=O)c4ccccc4)c3)s2)o1. The maximum absolute atomic E-state index is 12.9. The summed E-state index contributed by atoms with van der Waals surface area (Å²) in [6, 6.07) is 16.8. The molecule has 9 heteroatoms. The number of benzene rings is 2. The van der Waals surface area contributed by atoms with Crippen LogP contribution in [0.3, 0.4) is 0 Å². The Hall–Kier alpha value is -3.43. The third-order valence-electron chi connectivity index (χ3n) is 4.75. The van der Waals surface area contributed by atoms with Crippen LogP contribution in [-0.4, -0.2) is 19.3 Å². The van der Waals surface area contributed by atoms with E-state index in [0.717, 1.165) is 11.3 Å². The largest absolute Gasteiger partial charge is 0.459 e. The molecule has 0 aliphatic rings. The third kappa shape index (κ3) is 4.58. The van der Waals surface area contributed by atoms with Crippen LogP contribution in [0.5, 0.6) is 0 Å². The summed E-state index contributed by atoms with van der Waals surface area (Å²) < 4.78 is 33.6. The van der Waals surface area contributed by atoms with Crippen LogP contribution in [0, 0.1) is 20.8 Å². The maximum Gasteiger partial charge on any atom is 0.267 e. The molecule has 4 aromatic rings. The predicted octanol–water partition coefficient (Wildman–Crippen LogP) is 5.38. The van der Waals surface area contributed by atoms with E-state index in [-0.39, 0.29) is 10.8 Å². The zero-order chi connectivity index (χ0) is 22.9. The molecule has 32 heavy (non-hydrogen) atoms. The van der Waals surface area contributed by atoms with Crippen LogP contribution in [0.1, 0.15) is 26.7 Å². The Balaban J connectivity index is 1.56. The first-order chi connectivity index (χ1) is 15.2. The molecule has 2 aromatic carbocycles. The number of sulfonamides is 1. The van der Waals surface area contributed by atoms with Crippen LogP contribution < -0.4 is 10.0 Å². The van der Waals surface area contributed by atoms with Crippen molar-refractivity contribution >= 4 is 38.6 Å². The van der Waals surface area contributed by atoms with Gasteiger partial charge in [-0.1, -0.05) is 24.3 Å². The van der Waals surface area contributed by atoms with Crippen molar-refractivity contribution in [2.75, 3.05) is 10.0 Å². The second kappa shape index (κ2) is 8.60. The van der Waals surface area contributed by atoms with Gasteiger partial charge in [-0.2, -0.15) is 0 Å². The first-order valence-electron chi connectivity index (χ1n) is 9.77. The summed E-state index contributed by atoms with van der Waals surface area (Å²) in [7, 11) is -3.75. The average molecular weight is 468 g/mol. The zero-order valence-corrected chi connectivity index (χ0v) is 19.3. The number of aromatic nitrogens is 1. The van der Waals surface area contributed by atoms with Crippen LogP contribution in [0.15, 0.2) is 70.0 Å². The summed E-state index contributed by atoms with van der Waals surface area (Å²) in [5, 5.41) is 3.45. The molecule has 2 N–H and O–H groups in total. The van der Waals surface area contributed by atoms with E-state index >= 15 is 0 Å². The lowest BCUT2D eigenvalue weighted by molar-refractivity contribution is 0.103. The molecule has 4 rings (SSSR count). The fourth-order valence-electron chi connectivity index (χ4n) is 3.06. The summed E-state index contributed by atoms with van der Waals surface area (Å²) in [5.74, 6) is 1.06. The standard InChI is InChI=1S/C23H21N3O4S2/c1-14-9-11-17(13-19(14)26-32(28,29)18-7-5-4-6-8-18)25-22(27)21-16(3)24-23(31-21)20-12-10-15(2)30-20/h4-13,26H,1-3H3,(H,25,27). The van der Waals surface area contributed by atoms with Crippen LogP contribution in [0.4, 0.5) is 11.4 Å². The van der Waals surface area contributed by atoms with Gasteiger partial charge >= 0.3 is 0 Å². The summed E-state index contributed by atoms with van der Waals surface area (Å²) in [4.78, 5) is 17.9. The predicted molar refractivity (Wildman–Crippen MR) is 126 cm³/mol. The second-order valence-electron chi connectivity index (χ2n) is 7.25. The molecular formula is C23H21N3O4S2. The smallest absolute Gasteiger partial charge is 0.267 e. The molecule has 0 saturated carbocycles.